The summed E-state index contributed by atoms with van der Waals surface area (Å²) in [6, 6.07) is 0. The number of carbonyl (C=O) groups is 1. The van der Waals surface area contributed by atoms with Gasteiger partial charge < -0.3 is 20.1 Å². The van der Waals surface area contributed by atoms with Gasteiger partial charge in [0.1, 0.15) is 6.61 Å². The van der Waals surface area contributed by atoms with Crippen LogP contribution < -0.4 is 0 Å². The Morgan fingerprint density at radius 2 is 1.16 bits per heavy atom. The first kappa shape index (κ1) is 29.1. The highest BCUT2D eigenvalue weighted by Gasteiger charge is 2.33. The quantitative estimate of drug-likeness (QED) is 0.0805. The van der Waals surface area contributed by atoms with Gasteiger partial charge in [-0.3, -0.25) is 0 Å². The van der Waals surface area contributed by atoms with Crippen molar-refractivity contribution in [2.75, 3.05) is 6.61 Å². The Hall–Kier alpha value is -1.95. The molecule has 0 aliphatic rings. The SMILES string of the molecule is CCCCCCCCCCCCC/C=C/C=C/C=C/C=C/C=C/OC(=O)C(O)(O)CO. The Morgan fingerprint density at radius 1 is 0.710 bits per heavy atom. The van der Waals surface area contributed by atoms with Crippen molar-refractivity contribution in [2.24, 2.45) is 0 Å². The van der Waals surface area contributed by atoms with Gasteiger partial charge in [0.15, 0.2) is 0 Å². The first-order chi connectivity index (χ1) is 15.0. The molecule has 0 atom stereocenters. The summed E-state index contributed by atoms with van der Waals surface area (Å²) in [5.74, 6) is -4.21. The van der Waals surface area contributed by atoms with E-state index in [-0.39, 0.29) is 0 Å². The predicted octanol–water partition coefficient (Wildman–Crippen LogP) is 5.64. The van der Waals surface area contributed by atoms with Gasteiger partial charge >= 0.3 is 5.97 Å². The Balaban J connectivity index is 3.60. The average molecular weight is 435 g/mol. The first-order valence-corrected chi connectivity index (χ1v) is 11.6. The van der Waals surface area contributed by atoms with Crippen molar-refractivity contribution in [3.05, 3.63) is 60.9 Å². The van der Waals surface area contributed by atoms with Crippen LogP contribution in [0.4, 0.5) is 0 Å². The molecule has 0 spiro atoms. The van der Waals surface area contributed by atoms with Gasteiger partial charge in [-0.25, -0.2) is 4.79 Å². The molecule has 0 aromatic rings. The molecule has 31 heavy (non-hydrogen) atoms. The van der Waals surface area contributed by atoms with Crippen LogP contribution >= 0.6 is 0 Å². The van der Waals surface area contributed by atoms with Gasteiger partial charge in [0, 0.05) is 0 Å². The van der Waals surface area contributed by atoms with E-state index in [0.717, 1.165) is 12.7 Å². The van der Waals surface area contributed by atoms with Crippen LogP contribution in [0, 0.1) is 0 Å². The maximum absolute atomic E-state index is 11.1. The van der Waals surface area contributed by atoms with Crippen LogP contribution in [0.25, 0.3) is 0 Å². The molecule has 0 radical (unpaired) electrons. The number of hydrogen-bond donors (Lipinski definition) is 3. The number of rotatable bonds is 19. The number of esters is 1. The molecule has 0 aliphatic heterocycles. The van der Waals surface area contributed by atoms with E-state index in [1.54, 1.807) is 12.2 Å². The van der Waals surface area contributed by atoms with Crippen LogP contribution in [0.1, 0.15) is 84.0 Å². The van der Waals surface area contributed by atoms with E-state index in [0.29, 0.717) is 0 Å². The molecule has 0 saturated heterocycles. The van der Waals surface area contributed by atoms with Gasteiger partial charge in [-0.1, -0.05) is 120 Å². The van der Waals surface area contributed by atoms with Crippen LogP contribution in [0.15, 0.2) is 60.9 Å². The van der Waals surface area contributed by atoms with Crippen molar-refractivity contribution < 1.29 is 24.9 Å². The highest BCUT2D eigenvalue weighted by Crippen LogP contribution is 2.12. The number of unbranched alkanes of at least 4 members (excludes halogenated alkanes) is 11. The van der Waals surface area contributed by atoms with E-state index >= 15 is 0 Å². The molecule has 176 valence electrons. The fraction of sp³-hybridized carbons (Fsp3) is 0.577. The number of aliphatic hydroxyl groups is 3. The molecule has 5 heteroatoms. The van der Waals surface area contributed by atoms with Gasteiger partial charge in [0.25, 0.3) is 5.79 Å². The van der Waals surface area contributed by atoms with E-state index in [4.69, 9.17) is 15.3 Å². The Labute approximate surface area is 188 Å². The van der Waals surface area contributed by atoms with Crippen LogP contribution in [0.5, 0.6) is 0 Å². The van der Waals surface area contributed by atoms with E-state index in [1.165, 1.54) is 76.7 Å². The molecule has 0 bridgehead atoms. The van der Waals surface area contributed by atoms with Crippen molar-refractivity contribution in [1.82, 2.24) is 0 Å². The van der Waals surface area contributed by atoms with E-state index < -0.39 is 18.4 Å². The van der Waals surface area contributed by atoms with Crippen molar-refractivity contribution in [1.29, 1.82) is 0 Å². The van der Waals surface area contributed by atoms with E-state index in [1.807, 2.05) is 24.3 Å². The largest absolute Gasteiger partial charge is 0.430 e. The average Bonchev–Trinajstić information content (AvgIpc) is 2.77. The standard InChI is InChI=1S/C26H42O5/c1-2-3-4-5-6-7-8-9-10-11-12-13-14-15-16-17-18-19-20-21-22-23-31-25(28)26(29,30)24-27/h14-23,27,29-30H,2-13,24H2,1H3/b15-14+,17-16+,19-18+,21-20+,23-22+. The number of allylic oxidation sites excluding steroid dienone is 9. The molecule has 0 aromatic heterocycles. The first-order valence-electron chi connectivity index (χ1n) is 11.6. The summed E-state index contributed by atoms with van der Waals surface area (Å²) in [6.07, 6.45) is 33.8. The molecule has 3 N–H and O–H groups in total. The fourth-order valence-electron chi connectivity index (χ4n) is 2.79. The Bertz CT molecular complexity index is 570. The highest BCUT2D eigenvalue weighted by molar-refractivity contribution is 5.77. The number of ether oxygens (including phenoxy) is 1. The van der Waals surface area contributed by atoms with Gasteiger partial charge in [-0.2, -0.15) is 0 Å². The third-order valence-corrected chi connectivity index (χ3v) is 4.69. The summed E-state index contributed by atoms with van der Waals surface area (Å²) in [4.78, 5) is 11.1. The van der Waals surface area contributed by atoms with E-state index in [9.17, 15) is 4.79 Å². The third kappa shape index (κ3) is 19.7. The fourth-order valence-corrected chi connectivity index (χ4v) is 2.79. The number of hydrogen-bond acceptors (Lipinski definition) is 5. The summed E-state index contributed by atoms with van der Waals surface area (Å²) in [6.45, 7) is 1.14. The second-order valence-electron chi connectivity index (χ2n) is 7.62. The zero-order valence-electron chi connectivity index (χ0n) is 19.1. The molecular weight excluding hydrogens is 392 g/mol. The second kappa shape index (κ2) is 21.3. The zero-order valence-corrected chi connectivity index (χ0v) is 19.1. The summed E-state index contributed by atoms with van der Waals surface area (Å²) >= 11 is 0. The lowest BCUT2D eigenvalue weighted by Crippen LogP contribution is -2.42. The summed E-state index contributed by atoms with van der Waals surface area (Å²) in [7, 11) is 0. The smallest absolute Gasteiger partial charge is 0.373 e. The molecule has 0 saturated carbocycles. The van der Waals surface area contributed by atoms with Crippen molar-refractivity contribution >= 4 is 5.97 Å². The number of carbonyl (C=O) groups excluding carboxylic acids is 1. The predicted molar refractivity (Wildman–Crippen MR) is 127 cm³/mol. The van der Waals surface area contributed by atoms with Gasteiger partial charge in [-0.05, 0) is 18.9 Å². The molecule has 0 rings (SSSR count). The van der Waals surface area contributed by atoms with Crippen LogP contribution in [0.2, 0.25) is 0 Å². The Kier molecular flexibility index (Phi) is 19.9. The maximum atomic E-state index is 11.1. The summed E-state index contributed by atoms with van der Waals surface area (Å²) < 4.78 is 4.46. The Morgan fingerprint density at radius 3 is 1.68 bits per heavy atom. The summed E-state index contributed by atoms with van der Waals surface area (Å²) in [5.41, 5.74) is 0. The molecule has 0 amide bonds. The lowest BCUT2D eigenvalue weighted by atomic mass is 10.1. The minimum absolute atomic E-state index is 1.01. The van der Waals surface area contributed by atoms with Crippen LogP contribution in [0.3, 0.4) is 0 Å². The number of aliphatic hydroxyl groups excluding tert-OH is 1. The van der Waals surface area contributed by atoms with Crippen molar-refractivity contribution in [3.8, 4) is 0 Å². The van der Waals surface area contributed by atoms with Crippen molar-refractivity contribution in [3.63, 3.8) is 0 Å². The van der Waals surface area contributed by atoms with Gasteiger partial charge in [0.2, 0.25) is 0 Å². The van der Waals surface area contributed by atoms with Crippen molar-refractivity contribution in [2.45, 2.75) is 89.8 Å². The minimum atomic E-state index is -2.88. The molecular formula is C26H42O5. The molecule has 0 heterocycles. The lowest BCUT2D eigenvalue weighted by Gasteiger charge is -2.14. The van der Waals surface area contributed by atoms with Crippen LogP contribution in [-0.2, 0) is 9.53 Å². The van der Waals surface area contributed by atoms with Gasteiger partial charge in [0.05, 0.1) is 6.26 Å². The van der Waals surface area contributed by atoms with E-state index in [2.05, 4.69) is 23.8 Å². The lowest BCUT2D eigenvalue weighted by molar-refractivity contribution is -0.215. The summed E-state index contributed by atoms with van der Waals surface area (Å²) in [5, 5.41) is 26.6. The molecule has 0 aromatic carbocycles. The topological polar surface area (TPSA) is 87.0 Å². The molecule has 0 fully saturated rings. The molecule has 0 unspecified atom stereocenters. The van der Waals surface area contributed by atoms with Crippen LogP contribution in [-0.4, -0.2) is 33.7 Å². The normalized spacial score (nSPS) is 13.0. The molecule has 0 aliphatic carbocycles. The minimum Gasteiger partial charge on any atom is -0.430 e. The zero-order chi connectivity index (χ0) is 23.0. The molecule has 5 nitrogen and oxygen atoms in total. The maximum Gasteiger partial charge on any atom is 0.373 e. The second-order valence-corrected chi connectivity index (χ2v) is 7.62. The monoisotopic (exact) mass is 434 g/mol. The van der Waals surface area contributed by atoms with Gasteiger partial charge in [-0.15, -0.1) is 0 Å². The highest BCUT2D eigenvalue weighted by atomic mass is 16.6. The third-order valence-electron chi connectivity index (χ3n) is 4.69.